The molecule has 0 aromatic heterocycles. The summed E-state index contributed by atoms with van der Waals surface area (Å²) in [6.07, 6.45) is 0.764. The van der Waals surface area contributed by atoms with E-state index in [4.69, 9.17) is 0 Å². The fraction of sp³-hybridized carbons (Fsp3) is 0.538. The predicted molar refractivity (Wildman–Crippen MR) is 61.5 cm³/mol. The molecule has 1 aliphatic rings. The first-order chi connectivity index (χ1) is 7.29. The lowest BCUT2D eigenvalue weighted by Gasteiger charge is -2.33. The highest BCUT2D eigenvalue weighted by Gasteiger charge is 2.28. The average molecular weight is 205 g/mol. The first-order valence-electron chi connectivity index (χ1n) is 5.73. The van der Waals surface area contributed by atoms with E-state index >= 15 is 0 Å². The number of benzene rings is 1. The molecule has 1 fully saturated rings. The molecule has 1 heterocycles. The second kappa shape index (κ2) is 4.77. The zero-order valence-electron chi connectivity index (χ0n) is 9.19. The van der Waals surface area contributed by atoms with Gasteiger partial charge >= 0.3 is 0 Å². The monoisotopic (exact) mass is 205 g/mol. The van der Waals surface area contributed by atoms with Crippen LogP contribution in [0.25, 0.3) is 0 Å². The number of hydrogen-bond acceptors (Lipinski definition) is 2. The van der Waals surface area contributed by atoms with Crippen molar-refractivity contribution in [2.24, 2.45) is 11.8 Å². The molecule has 0 spiro atoms. The summed E-state index contributed by atoms with van der Waals surface area (Å²) in [6.45, 7) is 4.26. The normalized spacial score (nSPS) is 28.7. The van der Waals surface area contributed by atoms with Crippen LogP contribution in [0, 0.1) is 11.8 Å². The van der Waals surface area contributed by atoms with E-state index in [2.05, 4.69) is 12.2 Å². The Bertz CT molecular complexity index is 299. The van der Waals surface area contributed by atoms with Crippen molar-refractivity contribution in [1.82, 2.24) is 5.32 Å². The van der Waals surface area contributed by atoms with Gasteiger partial charge < -0.3 is 10.4 Å². The van der Waals surface area contributed by atoms with Gasteiger partial charge in [0.15, 0.2) is 0 Å². The lowest BCUT2D eigenvalue weighted by molar-refractivity contribution is 0.0589. The van der Waals surface area contributed by atoms with Crippen molar-refractivity contribution in [1.29, 1.82) is 0 Å². The van der Waals surface area contributed by atoms with Gasteiger partial charge in [-0.2, -0.15) is 0 Å². The van der Waals surface area contributed by atoms with Gasteiger partial charge in [-0.05, 0) is 36.9 Å². The van der Waals surface area contributed by atoms with Crippen molar-refractivity contribution in [2.75, 3.05) is 13.1 Å². The van der Waals surface area contributed by atoms with Crippen LogP contribution < -0.4 is 5.32 Å². The highest BCUT2D eigenvalue weighted by molar-refractivity contribution is 5.18. The number of piperidine rings is 1. The maximum Gasteiger partial charge on any atom is 0.0821 e. The Morgan fingerprint density at radius 2 is 2.07 bits per heavy atom. The average Bonchev–Trinajstić information content (AvgIpc) is 2.30. The maximum atomic E-state index is 10.3. The van der Waals surface area contributed by atoms with E-state index in [1.807, 2.05) is 30.3 Å². The third-order valence-corrected chi connectivity index (χ3v) is 3.40. The molecule has 15 heavy (non-hydrogen) atoms. The van der Waals surface area contributed by atoms with E-state index in [9.17, 15) is 5.11 Å². The number of nitrogens with one attached hydrogen (secondary N) is 1. The van der Waals surface area contributed by atoms with Crippen LogP contribution in [-0.4, -0.2) is 18.2 Å². The topological polar surface area (TPSA) is 32.3 Å². The van der Waals surface area contributed by atoms with Crippen LogP contribution in [0.3, 0.4) is 0 Å². The third kappa shape index (κ3) is 2.39. The van der Waals surface area contributed by atoms with Crippen LogP contribution >= 0.6 is 0 Å². The molecular weight excluding hydrogens is 186 g/mol. The zero-order valence-corrected chi connectivity index (χ0v) is 9.19. The van der Waals surface area contributed by atoms with Crippen LogP contribution in [0.2, 0.25) is 0 Å². The molecule has 1 aromatic carbocycles. The summed E-state index contributed by atoms with van der Waals surface area (Å²) < 4.78 is 0. The van der Waals surface area contributed by atoms with E-state index in [-0.39, 0.29) is 6.10 Å². The fourth-order valence-corrected chi connectivity index (χ4v) is 2.40. The van der Waals surface area contributed by atoms with Crippen molar-refractivity contribution in [3.05, 3.63) is 35.9 Å². The molecule has 1 saturated heterocycles. The van der Waals surface area contributed by atoms with Gasteiger partial charge in [-0.3, -0.25) is 0 Å². The molecule has 2 heteroatoms. The summed E-state index contributed by atoms with van der Waals surface area (Å²) in [5.41, 5.74) is 1.05. The van der Waals surface area contributed by atoms with Gasteiger partial charge in [-0.15, -0.1) is 0 Å². The molecule has 2 nitrogen and oxygen atoms in total. The van der Waals surface area contributed by atoms with Gasteiger partial charge in [0.1, 0.15) is 0 Å². The Morgan fingerprint density at radius 1 is 1.33 bits per heavy atom. The molecule has 1 aliphatic heterocycles. The van der Waals surface area contributed by atoms with E-state index in [1.165, 1.54) is 0 Å². The summed E-state index contributed by atoms with van der Waals surface area (Å²) >= 11 is 0. The first kappa shape index (κ1) is 10.7. The molecule has 1 aromatic rings. The van der Waals surface area contributed by atoms with Crippen molar-refractivity contribution >= 4 is 0 Å². The van der Waals surface area contributed by atoms with Crippen LogP contribution in [0.1, 0.15) is 25.0 Å². The fourth-order valence-electron chi connectivity index (χ4n) is 2.40. The minimum Gasteiger partial charge on any atom is -0.388 e. The molecule has 2 rings (SSSR count). The van der Waals surface area contributed by atoms with Gasteiger partial charge in [0, 0.05) is 0 Å². The zero-order chi connectivity index (χ0) is 10.7. The molecule has 82 valence electrons. The Morgan fingerprint density at radius 3 is 2.73 bits per heavy atom. The van der Waals surface area contributed by atoms with E-state index < -0.39 is 0 Å². The van der Waals surface area contributed by atoms with Crippen molar-refractivity contribution in [3.63, 3.8) is 0 Å². The summed E-state index contributed by atoms with van der Waals surface area (Å²) in [6, 6.07) is 10.00. The number of aliphatic hydroxyl groups excluding tert-OH is 1. The van der Waals surface area contributed by atoms with Crippen molar-refractivity contribution < 1.29 is 5.11 Å². The van der Waals surface area contributed by atoms with Gasteiger partial charge in [0.05, 0.1) is 6.10 Å². The second-order valence-corrected chi connectivity index (χ2v) is 4.49. The van der Waals surface area contributed by atoms with Crippen LogP contribution in [0.5, 0.6) is 0 Å². The molecule has 0 saturated carbocycles. The molecule has 3 unspecified atom stereocenters. The summed E-state index contributed by atoms with van der Waals surface area (Å²) in [5.74, 6) is 0.947. The molecule has 0 amide bonds. The Labute approximate surface area is 91.3 Å². The van der Waals surface area contributed by atoms with Gasteiger partial charge in [0.25, 0.3) is 0 Å². The molecule has 3 atom stereocenters. The third-order valence-electron chi connectivity index (χ3n) is 3.40. The Kier molecular flexibility index (Phi) is 3.39. The smallest absolute Gasteiger partial charge is 0.0821 e. The number of aliphatic hydroxyl groups is 1. The molecule has 0 aliphatic carbocycles. The van der Waals surface area contributed by atoms with Gasteiger partial charge in [0.2, 0.25) is 0 Å². The molecule has 2 N–H and O–H groups in total. The largest absolute Gasteiger partial charge is 0.388 e. The SMILES string of the molecule is CC1CNCCC1C(O)c1ccccc1. The van der Waals surface area contributed by atoms with Gasteiger partial charge in [-0.1, -0.05) is 37.3 Å². The van der Waals surface area contributed by atoms with Crippen LogP contribution in [0.15, 0.2) is 30.3 Å². The molecule has 0 bridgehead atoms. The predicted octanol–water partition coefficient (Wildman–Crippen LogP) is 1.97. The highest BCUT2D eigenvalue weighted by Crippen LogP contribution is 2.31. The second-order valence-electron chi connectivity index (χ2n) is 4.49. The van der Waals surface area contributed by atoms with E-state index in [1.54, 1.807) is 0 Å². The Balaban J connectivity index is 2.09. The summed E-state index contributed by atoms with van der Waals surface area (Å²) in [4.78, 5) is 0. The summed E-state index contributed by atoms with van der Waals surface area (Å²) in [7, 11) is 0. The minimum absolute atomic E-state index is 0.303. The maximum absolute atomic E-state index is 10.3. The van der Waals surface area contributed by atoms with Crippen molar-refractivity contribution in [2.45, 2.75) is 19.4 Å². The number of rotatable bonds is 2. The first-order valence-corrected chi connectivity index (χ1v) is 5.73. The summed E-state index contributed by atoms with van der Waals surface area (Å²) in [5, 5.41) is 13.6. The standard InChI is InChI=1S/C13H19NO/c1-10-9-14-8-7-12(10)13(15)11-5-3-2-4-6-11/h2-6,10,12-15H,7-9H2,1H3. The minimum atomic E-state index is -0.303. The van der Waals surface area contributed by atoms with Gasteiger partial charge in [-0.25, -0.2) is 0 Å². The lowest BCUT2D eigenvalue weighted by Crippen LogP contribution is -2.37. The lowest BCUT2D eigenvalue weighted by atomic mass is 9.81. The highest BCUT2D eigenvalue weighted by atomic mass is 16.3. The molecule has 0 radical (unpaired) electrons. The van der Waals surface area contributed by atoms with Crippen molar-refractivity contribution in [3.8, 4) is 0 Å². The van der Waals surface area contributed by atoms with E-state index in [0.717, 1.165) is 25.1 Å². The van der Waals surface area contributed by atoms with E-state index in [0.29, 0.717) is 11.8 Å². The van der Waals surface area contributed by atoms with Crippen LogP contribution in [-0.2, 0) is 0 Å². The quantitative estimate of drug-likeness (QED) is 0.773. The van der Waals surface area contributed by atoms with Crippen LogP contribution in [0.4, 0.5) is 0 Å². The Hall–Kier alpha value is -0.860. The molecular formula is C13H19NO. The number of hydrogen-bond donors (Lipinski definition) is 2.